The molecule has 74 valence electrons. The number of anilines is 1. The predicted octanol–water partition coefficient (Wildman–Crippen LogP) is 0.966. The number of benzene rings is 1. The van der Waals surface area contributed by atoms with Crippen LogP contribution in [0.4, 0.5) is 5.69 Å². The molecule has 4 heteroatoms. The van der Waals surface area contributed by atoms with Crippen LogP contribution < -0.4 is 10.4 Å². The van der Waals surface area contributed by atoms with Gasteiger partial charge in [0.05, 0.1) is 23.9 Å². The Kier molecular flexibility index (Phi) is 2.14. The van der Waals surface area contributed by atoms with E-state index in [1.807, 2.05) is 6.07 Å². The van der Waals surface area contributed by atoms with Gasteiger partial charge >= 0.3 is 0 Å². The lowest BCUT2D eigenvalue weighted by Crippen LogP contribution is -2.32. The summed E-state index contributed by atoms with van der Waals surface area (Å²) in [7, 11) is 0. The largest absolute Gasteiger partial charge is 0.281 e. The Morgan fingerprint density at radius 3 is 2.93 bits per heavy atom. The highest BCUT2D eigenvalue weighted by molar-refractivity contribution is 5.97. The Balaban J connectivity index is 2.28. The first kappa shape index (κ1) is 9.28. The van der Waals surface area contributed by atoms with Crippen LogP contribution in [0, 0.1) is 11.3 Å². The Hall–Kier alpha value is -2.28. The molecule has 0 spiro atoms. The minimum absolute atomic E-state index is 0.169. The monoisotopic (exact) mass is 199 g/mol. The Morgan fingerprint density at radius 2 is 2.33 bits per heavy atom. The number of carbonyl (C=O) groups excluding carboxylic acids is 1. The first-order chi connectivity index (χ1) is 7.20. The van der Waals surface area contributed by atoms with Gasteiger partial charge in [-0.05, 0) is 18.2 Å². The van der Waals surface area contributed by atoms with E-state index in [1.54, 1.807) is 23.2 Å². The zero-order valence-corrected chi connectivity index (χ0v) is 8.03. The van der Waals surface area contributed by atoms with Gasteiger partial charge in [0.1, 0.15) is 0 Å². The van der Waals surface area contributed by atoms with Gasteiger partial charge in [-0.3, -0.25) is 15.2 Å². The van der Waals surface area contributed by atoms with Crippen LogP contribution in [-0.2, 0) is 4.79 Å². The van der Waals surface area contributed by atoms with Gasteiger partial charge in [0.2, 0.25) is 0 Å². The van der Waals surface area contributed by atoms with Crippen molar-refractivity contribution in [3.63, 3.8) is 0 Å². The van der Waals surface area contributed by atoms with Crippen LogP contribution in [0.5, 0.6) is 0 Å². The van der Waals surface area contributed by atoms with Gasteiger partial charge in [-0.25, -0.2) is 0 Å². The quantitative estimate of drug-likeness (QED) is 0.685. The van der Waals surface area contributed by atoms with Gasteiger partial charge < -0.3 is 0 Å². The zero-order chi connectivity index (χ0) is 10.8. The van der Waals surface area contributed by atoms with Gasteiger partial charge in [0.25, 0.3) is 5.91 Å². The normalized spacial score (nSPS) is 15.0. The molecule has 2 rings (SSSR count). The van der Waals surface area contributed by atoms with E-state index in [4.69, 9.17) is 5.26 Å². The molecular weight excluding hydrogens is 190 g/mol. The smallest absolute Gasteiger partial charge is 0.267 e. The molecule has 1 aliphatic rings. The number of rotatable bonds is 1. The van der Waals surface area contributed by atoms with Crippen molar-refractivity contribution in [2.75, 3.05) is 11.6 Å². The summed E-state index contributed by atoms with van der Waals surface area (Å²) in [5, 5.41) is 10.4. The number of hydrogen-bond donors (Lipinski definition) is 1. The van der Waals surface area contributed by atoms with E-state index in [0.29, 0.717) is 17.7 Å². The number of nitrogens with zero attached hydrogens (tertiary/aromatic N) is 2. The number of nitrogens with one attached hydrogen (secondary N) is 1. The third kappa shape index (κ3) is 1.67. The van der Waals surface area contributed by atoms with Crippen molar-refractivity contribution in [2.24, 2.45) is 0 Å². The van der Waals surface area contributed by atoms with Crippen LogP contribution in [0.1, 0.15) is 5.56 Å². The molecule has 1 aliphatic heterocycles. The molecule has 0 aliphatic carbocycles. The molecule has 1 fully saturated rings. The molecule has 1 heterocycles. The highest BCUT2D eigenvalue weighted by Crippen LogP contribution is 2.18. The van der Waals surface area contributed by atoms with Crippen molar-refractivity contribution in [2.45, 2.75) is 0 Å². The second-order valence-electron chi connectivity index (χ2n) is 3.29. The molecule has 4 nitrogen and oxygen atoms in total. The molecule has 1 aromatic rings. The summed E-state index contributed by atoms with van der Waals surface area (Å²) in [5.74, 6) is -0.169. The summed E-state index contributed by atoms with van der Waals surface area (Å²) in [4.78, 5) is 11.2. The summed E-state index contributed by atoms with van der Waals surface area (Å²) in [5.41, 5.74) is 4.54. The summed E-state index contributed by atoms with van der Waals surface area (Å²) >= 11 is 0. The topological polar surface area (TPSA) is 56.1 Å². The fourth-order valence-corrected chi connectivity index (χ4v) is 1.40. The maximum atomic E-state index is 11.2. The van der Waals surface area contributed by atoms with E-state index in [0.717, 1.165) is 5.69 Å². The molecule has 1 N–H and O–H groups in total. The molecule has 15 heavy (non-hydrogen) atoms. The number of nitriles is 1. The van der Waals surface area contributed by atoms with E-state index in [-0.39, 0.29) is 5.91 Å². The summed E-state index contributed by atoms with van der Waals surface area (Å²) in [6, 6.07) is 9.10. The minimum atomic E-state index is -0.169. The highest BCUT2D eigenvalue weighted by atomic mass is 16.2. The second kappa shape index (κ2) is 3.46. The van der Waals surface area contributed by atoms with E-state index in [2.05, 4.69) is 18.1 Å². The molecule has 0 bridgehead atoms. The van der Waals surface area contributed by atoms with Crippen molar-refractivity contribution in [3.05, 3.63) is 42.0 Å². The molecule has 0 unspecified atom stereocenters. The summed E-state index contributed by atoms with van der Waals surface area (Å²) in [6.45, 7) is 4.09. The number of hydrazine groups is 1. The molecular formula is C11H9N3O. The van der Waals surface area contributed by atoms with Crippen LogP contribution in [-0.4, -0.2) is 12.5 Å². The van der Waals surface area contributed by atoms with Crippen LogP contribution in [0.2, 0.25) is 0 Å². The first-order valence-electron chi connectivity index (χ1n) is 4.47. The molecule has 1 saturated heterocycles. The van der Waals surface area contributed by atoms with Crippen LogP contribution in [0.3, 0.4) is 0 Å². The Labute approximate surface area is 87.4 Å². The molecule has 1 amide bonds. The number of amides is 1. The standard InChI is InChI=1S/C11H9N3O/c1-8-7-14(13-11(8)15)10-4-2-3-9(5-10)6-12/h2-5H,1,7H2,(H,13,15). The zero-order valence-electron chi connectivity index (χ0n) is 8.03. The fraction of sp³-hybridized carbons (Fsp3) is 0.0909. The maximum Gasteiger partial charge on any atom is 0.267 e. The van der Waals surface area contributed by atoms with Crippen LogP contribution >= 0.6 is 0 Å². The van der Waals surface area contributed by atoms with Crippen molar-refractivity contribution in [3.8, 4) is 6.07 Å². The third-order valence-electron chi connectivity index (χ3n) is 2.19. The highest BCUT2D eigenvalue weighted by Gasteiger charge is 2.22. The Morgan fingerprint density at radius 1 is 1.53 bits per heavy atom. The van der Waals surface area contributed by atoms with Crippen LogP contribution in [0.25, 0.3) is 0 Å². The predicted molar refractivity (Wildman–Crippen MR) is 55.8 cm³/mol. The lowest BCUT2D eigenvalue weighted by molar-refractivity contribution is -0.116. The van der Waals surface area contributed by atoms with Crippen molar-refractivity contribution >= 4 is 11.6 Å². The lowest BCUT2D eigenvalue weighted by Gasteiger charge is -2.16. The van der Waals surface area contributed by atoms with Crippen LogP contribution in [0.15, 0.2) is 36.4 Å². The molecule has 0 radical (unpaired) electrons. The van der Waals surface area contributed by atoms with E-state index in [1.165, 1.54) is 0 Å². The van der Waals surface area contributed by atoms with Gasteiger partial charge in [-0.1, -0.05) is 12.6 Å². The Bertz CT molecular complexity index is 457. The van der Waals surface area contributed by atoms with Crippen molar-refractivity contribution in [1.82, 2.24) is 5.43 Å². The van der Waals surface area contributed by atoms with E-state index < -0.39 is 0 Å². The molecule has 1 aromatic carbocycles. The molecule has 0 atom stereocenters. The number of carbonyl (C=O) groups is 1. The van der Waals surface area contributed by atoms with E-state index in [9.17, 15) is 4.79 Å². The fourth-order valence-electron chi connectivity index (χ4n) is 1.40. The van der Waals surface area contributed by atoms with E-state index >= 15 is 0 Å². The summed E-state index contributed by atoms with van der Waals surface area (Å²) in [6.07, 6.45) is 0. The van der Waals surface area contributed by atoms with Gasteiger partial charge in [-0.2, -0.15) is 5.26 Å². The average molecular weight is 199 g/mol. The SMILES string of the molecule is C=C1CN(c2cccc(C#N)c2)NC1=O. The van der Waals surface area contributed by atoms with Gasteiger partial charge in [0, 0.05) is 5.57 Å². The van der Waals surface area contributed by atoms with Crippen molar-refractivity contribution < 1.29 is 4.79 Å². The third-order valence-corrected chi connectivity index (χ3v) is 2.19. The average Bonchev–Trinajstić information content (AvgIpc) is 2.59. The molecule has 0 aromatic heterocycles. The minimum Gasteiger partial charge on any atom is -0.281 e. The van der Waals surface area contributed by atoms with Gasteiger partial charge in [0.15, 0.2) is 0 Å². The lowest BCUT2D eigenvalue weighted by atomic mass is 10.2. The maximum absolute atomic E-state index is 11.2. The van der Waals surface area contributed by atoms with Gasteiger partial charge in [-0.15, -0.1) is 0 Å². The second-order valence-corrected chi connectivity index (χ2v) is 3.29. The van der Waals surface area contributed by atoms with Crippen molar-refractivity contribution in [1.29, 1.82) is 5.26 Å². The first-order valence-corrected chi connectivity index (χ1v) is 4.47. The molecule has 0 saturated carbocycles. The summed E-state index contributed by atoms with van der Waals surface area (Å²) < 4.78 is 0. The number of hydrogen-bond acceptors (Lipinski definition) is 3.